The van der Waals surface area contributed by atoms with Crippen LogP contribution in [0.15, 0.2) is 73.1 Å². The Bertz CT molecular complexity index is 1120. The lowest BCUT2D eigenvalue weighted by atomic mass is 10.0. The number of esters is 2. The number of aryl methyl sites for hydroxylation is 2. The predicted octanol–water partition coefficient (Wildman–Crippen LogP) is 4.36. The lowest BCUT2D eigenvalue weighted by molar-refractivity contribution is -0.193. The number of halogens is 3. The van der Waals surface area contributed by atoms with Crippen molar-refractivity contribution < 1.29 is 32.3 Å². The first-order valence-corrected chi connectivity index (χ1v) is 9.45. The Morgan fingerprint density at radius 2 is 1.62 bits per heavy atom. The Kier molecular flexibility index (Phi) is 6.99. The minimum absolute atomic E-state index is 0.0793. The average Bonchev–Trinajstić information content (AvgIpc) is 2.78. The summed E-state index contributed by atoms with van der Waals surface area (Å²) < 4.78 is 41.4. The molecular weight excluding hydrogens is 425 g/mol. The van der Waals surface area contributed by atoms with Crippen molar-refractivity contribution in [2.24, 2.45) is 0 Å². The van der Waals surface area contributed by atoms with Gasteiger partial charge in [0.25, 0.3) is 5.91 Å². The number of nitrogens with zero attached hydrogens (tertiary/aromatic N) is 1. The molecule has 0 atom stereocenters. The van der Waals surface area contributed by atoms with Crippen LogP contribution < -0.4 is 5.32 Å². The van der Waals surface area contributed by atoms with Gasteiger partial charge in [-0.05, 0) is 48.2 Å². The molecule has 3 aromatic rings. The molecule has 6 nitrogen and oxygen atoms in total. The summed E-state index contributed by atoms with van der Waals surface area (Å²) in [4.78, 5) is 39.6. The van der Waals surface area contributed by atoms with E-state index < -0.39 is 24.0 Å². The van der Waals surface area contributed by atoms with Crippen molar-refractivity contribution in [3.8, 4) is 0 Å². The van der Waals surface area contributed by atoms with Gasteiger partial charge in [0.05, 0.1) is 16.8 Å². The second-order valence-electron chi connectivity index (χ2n) is 6.74. The van der Waals surface area contributed by atoms with Crippen molar-refractivity contribution in [3.63, 3.8) is 0 Å². The highest BCUT2D eigenvalue weighted by molar-refractivity contribution is 6.09. The van der Waals surface area contributed by atoms with Crippen LogP contribution in [0.1, 0.15) is 31.8 Å². The molecule has 0 saturated carbocycles. The second-order valence-corrected chi connectivity index (χ2v) is 6.74. The van der Waals surface area contributed by atoms with Crippen LogP contribution >= 0.6 is 0 Å². The van der Waals surface area contributed by atoms with Crippen LogP contribution in [0.3, 0.4) is 0 Å². The Balaban J connectivity index is 1.86. The number of aromatic nitrogens is 1. The van der Waals surface area contributed by atoms with E-state index in [-0.39, 0.29) is 16.8 Å². The number of ether oxygens (including phenoxy) is 1. The van der Waals surface area contributed by atoms with E-state index in [1.54, 1.807) is 0 Å². The molecule has 0 aliphatic carbocycles. The molecule has 0 spiro atoms. The van der Waals surface area contributed by atoms with Gasteiger partial charge in [-0.1, -0.05) is 36.4 Å². The van der Waals surface area contributed by atoms with Gasteiger partial charge in [-0.25, -0.2) is 9.59 Å². The Morgan fingerprint density at radius 3 is 2.28 bits per heavy atom. The molecule has 0 aliphatic rings. The molecule has 9 heteroatoms. The summed E-state index contributed by atoms with van der Waals surface area (Å²) in [5.41, 5.74) is 1.49. The summed E-state index contributed by atoms with van der Waals surface area (Å²) in [5.74, 6) is -4.79. The quantitative estimate of drug-likeness (QED) is 0.453. The standard InChI is InChI=1S/C23H17F3N2O4/c24-23(25,26)22(31)32-21(30)18-11-10-16(9-8-15-5-2-1-3-6-15)13-19(18)28-20(29)17-7-4-12-27-14-17/h1-7,10-14H,8-9H2,(H,28,29). The third-order valence-corrected chi connectivity index (χ3v) is 4.44. The van der Waals surface area contributed by atoms with E-state index in [2.05, 4.69) is 15.0 Å². The van der Waals surface area contributed by atoms with Crippen molar-refractivity contribution in [2.75, 3.05) is 5.32 Å². The smallest absolute Gasteiger partial charge is 0.383 e. The number of anilines is 1. The van der Waals surface area contributed by atoms with Gasteiger partial charge in [0.15, 0.2) is 0 Å². The summed E-state index contributed by atoms with van der Waals surface area (Å²) >= 11 is 0. The SMILES string of the molecule is O=C(Nc1cc(CCc2ccccc2)ccc1C(=O)OC(=O)C(F)(F)F)c1cccnc1. The fourth-order valence-corrected chi connectivity index (χ4v) is 2.85. The molecule has 0 radical (unpaired) electrons. The van der Waals surface area contributed by atoms with E-state index in [1.165, 1.54) is 42.7 Å². The molecule has 1 amide bonds. The second kappa shape index (κ2) is 9.86. The summed E-state index contributed by atoms with van der Waals surface area (Å²) in [5, 5.41) is 2.49. The topological polar surface area (TPSA) is 85.4 Å². The minimum Gasteiger partial charge on any atom is -0.383 e. The third kappa shape index (κ3) is 6.00. The third-order valence-electron chi connectivity index (χ3n) is 4.44. The first kappa shape index (κ1) is 22.7. The molecule has 1 heterocycles. The number of carbonyl (C=O) groups excluding carboxylic acids is 3. The van der Waals surface area contributed by atoms with Gasteiger partial charge < -0.3 is 10.1 Å². The van der Waals surface area contributed by atoms with Crippen LogP contribution in [-0.2, 0) is 22.4 Å². The van der Waals surface area contributed by atoms with Crippen LogP contribution in [0.25, 0.3) is 0 Å². The molecule has 32 heavy (non-hydrogen) atoms. The highest BCUT2D eigenvalue weighted by Gasteiger charge is 2.42. The number of hydrogen-bond acceptors (Lipinski definition) is 5. The Labute approximate surface area is 181 Å². The van der Waals surface area contributed by atoms with Gasteiger partial charge in [-0.3, -0.25) is 9.78 Å². The number of nitrogens with one attached hydrogen (secondary N) is 1. The zero-order chi connectivity index (χ0) is 23.1. The van der Waals surface area contributed by atoms with E-state index in [1.807, 2.05) is 30.3 Å². The normalized spacial score (nSPS) is 11.0. The maximum Gasteiger partial charge on any atom is 0.491 e. The van der Waals surface area contributed by atoms with Crippen molar-refractivity contribution in [3.05, 3.63) is 95.3 Å². The zero-order valence-corrected chi connectivity index (χ0v) is 16.6. The number of pyridine rings is 1. The maximum absolute atomic E-state index is 12.5. The number of carbonyl (C=O) groups is 3. The first-order chi connectivity index (χ1) is 15.2. The predicted molar refractivity (Wildman–Crippen MR) is 109 cm³/mol. The van der Waals surface area contributed by atoms with Gasteiger partial charge in [-0.2, -0.15) is 13.2 Å². The lowest BCUT2D eigenvalue weighted by Crippen LogP contribution is -2.28. The van der Waals surface area contributed by atoms with E-state index in [4.69, 9.17) is 0 Å². The van der Waals surface area contributed by atoms with E-state index in [0.29, 0.717) is 18.4 Å². The van der Waals surface area contributed by atoms with Crippen molar-refractivity contribution in [2.45, 2.75) is 19.0 Å². The fraction of sp³-hybridized carbons (Fsp3) is 0.130. The summed E-state index contributed by atoms with van der Waals surface area (Å²) in [6, 6.07) is 16.8. The van der Waals surface area contributed by atoms with E-state index >= 15 is 0 Å². The molecule has 0 saturated heterocycles. The van der Waals surface area contributed by atoms with Crippen molar-refractivity contribution in [1.82, 2.24) is 4.98 Å². The molecule has 2 aromatic carbocycles. The number of hydrogen-bond donors (Lipinski definition) is 1. The molecule has 0 fully saturated rings. The zero-order valence-electron chi connectivity index (χ0n) is 16.6. The minimum atomic E-state index is -5.33. The van der Waals surface area contributed by atoms with Crippen molar-refractivity contribution >= 4 is 23.5 Å². The van der Waals surface area contributed by atoms with Gasteiger partial charge >= 0.3 is 18.1 Å². The molecular formula is C23H17F3N2O4. The molecule has 1 aromatic heterocycles. The van der Waals surface area contributed by atoms with Crippen LogP contribution in [0.5, 0.6) is 0 Å². The highest BCUT2D eigenvalue weighted by atomic mass is 19.4. The van der Waals surface area contributed by atoms with Gasteiger partial charge in [-0.15, -0.1) is 0 Å². The number of amides is 1. The van der Waals surface area contributed by atoms with Crippen LogP contribution in [-0.4, -0.2) is 29.0 Å². The Morgan fingerprint density at radius 1 is 0.906 bits per heavy atom. The summed E-state index contributed by atoms with van der Waals surface area (Å²) in [6.07, 6.45) is -1.37. The van der Waals surface area contributed by atoms with Gasteiger partial charge in [0.1, 0.15) is 0 Å². The van der Waals surface area contributed by atoms with Crippen LogP contribution in [0.2, 0.25) is 0 Å². The Hall–Kier alpha value is -4.01. The molecule has 164 valence electrons. The maximum atomic E-state index is 12.5. The number of rotatable bonds is 6. The largest absolute Gasteiger partial charge is 0.491 e. The van der Waals surface area contributed by atoms with Crippen LogP contribution in [0, 0.1) is 0 Å². The lowest BCUT2D eigenvalue weighted by Gasteiger charge is -2.13. The highest BCUT2D eigenvalue weighted by Crippen LogP contribution is 2.23. The molecule has 1 N–H and O–H groups in total. The summed E-state index contributed by atoms with van der Waals surface area (Å²) in [7, 11) is 0. The molecule has 0 aliphatic heterocycles. The molecule has 0 bridgehead atoms. The summed E-state index contributed by atoms with van der Waals surface area (Å²) in [6.45, 7) is 0. The van der Waals surface area contributed by atoms with Crippen LogP contribution in [0.4, 0.5) is 18.9 Å². The van der Waals surface area contributed by atoms with Crippen molar-refractivity contribution in [1.29, 1.82) is 0 Å². The number of benzene rings is 2. The number of alkyl halides is 3. The molecule has 0 unspecified atom stereocenters. The first-order valence-electron chi connectivity index (χ1n) is 9.45. The monoisotopic (exact) mass is 442 g/mol. The van der Waals surface area contributed by atoms with E-state index in [0.717, 1.165) is 5.56 Å². The van der Waals surface area contributed by atoms with E-state index in [9.17, 15) is 27.6 Å². The van der Waals surface area contributed by atoms with Gasteiger partial charge in [0, 0.05) is 12.4 Å². The van der Waals surface area contributed by atoms with Gasteiger partial charge in [0.2, 0.25) is 0 Å². The fourth-order valence-electron chi connectivity index (χ4n) is 2.85. The molecule has 3 rings (SSSR count). The average molecular weight is 442 g/mol.